The third-order valence-electron chi connectivity index (χ3n) is 0.835. The Morgan fingerprint density at radius 1 is 1.50 bits per heavy atom. The third-order valence-corrected chi connectivity index (χ3v) is 2.01. The van der Waals surface area contributed by atoms with Crippen LogP contribution >= 0.6 is 0 Å². The molecule has 1 N–H and O–H groups in total. The average Bonchev–Trinajstić information content (AvgIpc) is 1.81. The molecular weight excluding hydrogens is 118 g/mol. The van der Waals surface area contributed by atoms with Crippen molar-refractivity contribution >= 4 is 9.92 Å². The smallest absolute Gasteiger partial charge is 0.235 e. The van der Waals surface area contributed by atoms with Gasteiger partial charge >= 0.3 is 0 Å². The molecule has 0 rings (SSSR count). The predicted octanol–water partition coefficient (Wildman–Crippen LogP) is 0.0213. The van der Waals surface area contributed by atoms with E-state index in [2.05, 4.69) is 11.9 Å². The van der Waals surface area contributed by atoms with E-state index in [-0.39, 0.29) is 9.92 Å². The first-order valence-corrected chi connectivity index (χ1v) is 4.48. The first-order chi connectivity index (χ1) is 3.91. The van der Waals surface area contributed by atoms with Gasteiger partial charge in [-0.3, -0.25) is 0 Å². The summed E-state index contributed by atoms with van der Waals surface area (Å²) in [5.74, 6) is 0. The quantitative estimate of drug-likeness (QED) is 0.422. The second-order valence-corrected chi connectivity index (χ2v) is 2.83. The summed E-state index contributed by atoms with van der Waals surface area (Å²) in [7, 11) is -0.350. The number of rotatable bonds is 5. The van der Waals surface area contributed by atoms with Gasteiger partial charge in [0.25, 0.3) is 0 Å². The normalized spacial score (nSPS) is 11.2. The fourth-order valence-corrected chi connectivity index (χ4v) is 1.27. The molecule has 0 aliphatic rings. The minimum Gasteiger partial charge on any atom is -0.409 e. The van der Waals surface area contributed by atoms with Gasteiger partial charge in [-0.15, -0.1) is 0 Å². The van der Waals surface area contributed by atoms with Crippen molar-refractivity contribution in [3.05, 3.63) is 0 Å². The van der Waals surface area contributed by atoms with Gasteiger partial charge in [0, 0.05) is 6.61 Å². The van der Waals surface area contributed by atoms with Gasteiger partial charge in [-0.05, 0) is 19.9 Å². The van der Waals surface area contributed by atoms with E-state index < -0.39 is 0 Å². The van der Waals surface area contributed by atoms with Crippen molar-refractivity contribution in [3.63, 3.8) is 0 Å². The maximum Gasteiger partial charge on any atom is 0.235 e. The Morgan fingerprint density at radius 2 is 2.25 bits per heavy atom. The van der Waals surface area contributed by atoms with Gasteiger partial charge in [0.05, 0.1) is 0 Å². The molecular formula is C5H15NOSi. The summed E-state index contributed by atoms with van der Waals surface area (Å²) in [5.41, 5.74) is 0. The molecule has 0 bridgehead atoms. The van der Waals surface area contributed by atoms with Crippen LogP contribution < -0.4 is 4.98 Å². The second kappa shape index (κ2) is 7.14. The Morgan fingerprint density at radius 3 is 2.75 bits per heavy atom. The molecule has 50 valence electrons. The van der Waals surface area contributed by atoms with Crippen LogP contribution in [0, 0.1) is 0 Å². The van der Waals surface area contributed by atoms with Crippen molar-refractivity contribution in [2.75, 3.05) is 13.2 Å². The highest BCUT2D eigenvalue weighted by Gasteiger charge is 1.81. The highest BCUT2D eigenvalue weighted by Crippen LogP contribution is 1.68. The van der Waals surface area contributed by atoms with E-state index in [9.17, 15) is 0 Å². The molecule has 0 aromatic rings. The average molecular weight is 133 g/mol. The maximum atomic E-state index is 5.16. The number of nitrogens with one attached hydrogen (secondary N) is 1. The molecule has 2 nitrogen and oxygen atoms in total. The molecule has 0 aromatic carbocycles. The fraction of sp³-hybridized carbons (Fsp3) is 1.00. The van der Waals surface area contributed by atoms with Gasteiger partial charge in [-0.2, -0.15) is 0 Å². The van der Waals surface area contributed by atoms with Crippen LogP contribution in [0.2, 0.25) is 0 Å². The Bertz CT molecular complexity index is 37.4. The van der Waals surface area contributed by atoms with E-state index in [0.29, 0.717) is 0 Å². The van der Waals surface area contributed by atoms with Crippen LogP contribution in [0.4, 0.5) is 0 Å². The summed E-state index contributed by atoms with van der Waals surface area (Å²) in [5, 5.41) is 0. The van der Waals surface area contributed by atoms with Crippen LogP contribution in [0.25, 0.3) is 0 Å². The monoisotopic (exact) mass is 133 g/mol. The molecule has 0 saturated carbocycles. The molecule has 0 aromatic heterocycles. The van der Waals surface area contributed by atoms with Gasteiger partial charge in [-0.1, -0.05) is 6.92 Å². The topological polar surface area (TPSA) is 21.3 Å². The highest BCUT2D eigenvalue weighted by molar-refractivity contribution is 6.23. The molecule has 0 amide bonds. The lowest BCUT2D eigenvalue weighted by Gasteiger charge is -1.99. The molecule has 0 unspecified atom stereocenters. The van der Waals surface area contributed by atoms with Crippen LogP contribution in [0.1, 0.15) is 20.3 Å². The Kier molecular flexibility index (Phi) is 7.26. The standard InChI is InChI=1S/C5H15NOSi/c1-3-5-6-8-7-4-2/h6H,3-5,8H2,1-2H3. The molecule has 8 heavy (non-hydrogen) atoms. The van der Waals surface area contributed by atoms with E-state index in [4.69, 9.17) is 4.43 Å². The molecule has 0 saturated heterocycles. The van der Waals surface area contributed by atoms with Crippen LogP contribution in [0.3, 0.4) is 0 Å². The lowest BCUT2D eigenvalue weighted by atomic mass is 10.5. The molecule has 3 heteroatoms. The molecule has 0 atom stereocenters. The Labute approximate surface area is 53.6 Å². The first kappa shape index (κ1) is 8.14. The van der Waals surface area contributed by atoms with Crippen molar-refractivity contribution in [2.24, 2.45) is 0 Å². The Balaban J connectivity index is 2.53. The largest absolute Gasteiger partial charge is 0.409 e. The van der Waals surface area contributed by atoms with Gasteiger partial charge in [0.2, 0.25) is 9.92 Å². The zero-order chi connectivity index (χ0) is 6.24. The zero-order valence-corrected chi connectivity index (χ0v) is 7.15. The van der Waals surface area contributed by atoms with Crippen LogP contribution in [0.15, 0.2) is 0 Å². The zero-order valence-electron chi connectivity index (χ0n) is 5.74. The summed E-state index contributed by atoms with van der Waals surface area (Å²) < 4.78 is 5.16. The third kappa shape index (κ3) is 6.14. The minimum atomic E-state index is -0.350. The predicted molar refractivity (Wildman–Crippen MR) is 38.5 cm³/mol. The minimum absolute atomic E-state index is 0.350. The summed E-state index contributed by atoms with van der Waals surface area (Å²) >= 11 is 0. The van der Waals surface area contributed by atoms with Gasteiger partial charge < -0.3 is 9.41 Å². The molecule has 0 aliphatic carbocycles. The van der Waals surface area contributed by atoms with Crippen LogP contribution in [-0.4, -0.2) is 23.1 Å². The fourth-order valence-electron chi connectivity index (χ4n) is 0.423. The molecule has 0 radical (unpaired) electrons. The maximum absolute atomic E-state index is 5.16. The summed E-state index contributed by atoms with van der Waals surface area (Å²) in [6.07, 6.45) is 1.21. The first-order valence-electron chi connectivity index (χ1n) is 3.20. The van der Waals surface area contributed by atoms with Crippen molar-refractivity contribution in [1.82, 2.24) is 4.98 Å². The van der Waals surface area contributed by atoms with E-state index in [1.165, 1.54) is 6.42 Å². The lowest BCUT2D eigenvalue weighted by molar-refractivity contribution is 0.352. The summed E-state index contributed by atoms with van der Waals surface area (Å²) in [6, 6.07) is 0. The molecule has 0 fully saturated rings. The van der Waals surface area contributed by atoms with Gasteiger partial charge in [0.15, 0.2) is 0 Å². The Hall–Kier alpha value is 0.137. The van der Waals surface area contributed by atoms with Gasteiger partial charge in [0.1, 0.15) is 0 Å². The van der Waals surface area contributed by atoms with Crippen molar-refractivity contribution in [2.45, 2.75) is 20.3 Å². The van der Waals surface area contributed by atoms with Crippen LogP contribution in [0.5, 0.6) is 0 Å². The van der Waals surface area contributed by atoms with Crippen LogP contribution in [-0.2, 0) is 4.43 Å². The highest BCUT2D eigenvalue weighted by atomic mass is 28.2. The molecule has 0 spiro atoms. The summed E-state index contributed by atoms with van der Waals surface area (Å²) in [6.45, 7) is 6.17. The van der Waals surface area contributed by atoms with E-state index in [0.717, 1.165) is 13.2 Å². The van der Waals surface area contributed by atoms with Crippen molar-refractivity contribution in [1.29, 1.82) is 0 Å². The van der Waals surface area contributed by atoms with E-state index in [1.807, 2.05) is 6.92 Å². The SMILES string of the molecule is CCCN[SiH2]OCC. The summed E-state index contributed by atoms with van der Waals surface area (Å²) in [4.78, 5) is 3.25. The number of hydrogen-bond acceptors (Lipinski definition) is 2. The van der Waals surface area contributed by atoms with E-state index in [1.54, 1.807) is 0 Å². The molecule has 0 heterocycles. The lowest BCUT2D eigenvalue weighted by Crippen LogP contribution is -2.22. The second-order valence-electron chi connectivity index (χ2n) is 1.64. The van der Waals surface area contributed by atoms with Gasteiger partial charge in [-0.25, -0.2) is 0 Å². The number of hydrogen-bond donors (Lipinski definition) is 1. The molecule has 0 aliphatic heterocycles. The van der Waals surface area contributed by atoms with Crippen molar-refractivity contribution < 1.29 is 4.43 Å². The van der Waals surface area contributed by atoms with Crippen molar-refractivity contribution in [3.8, 4) is 0 Å². The van der Waals surface area contributed by atoms with E-state index >= 15 is 0 Å².